The third-order valence-electron chi connectivity index (χ3n) is 3.29. The monoisotopic (exact) mass is 239 g/mol. The summed E-state index contributed by atoms with van der Waals surface area (Å²) in [5.41, 5.74) is 0. The highest BCUT2D eigenvalue weighted by Crippen LogP contribution is 2.27. The molecule has 1 aliphatic rings. The molecule has 1 atom stereocenters. The summed E-state index contributed by atoms with van der Waals surface area (Å²) in [6, 6.07) is 0.296. The van der Waals surface area contributed by atoms with E-state index >= 15 is 0 Å². The van der Waals surface area contributed by atoms with Crippen LogP contribution in [-0.2, 0) is 4.74 Å². The van der Waals surface area contributed by atoms with Crippen LogP contribution >= 0.6 is 0 Å². The normalized spacial score (nSPS) is 22.6. The molecule has 0 bridgehead atoms. The Balaban J connectivity index is 2.08. The average molecular weight is 239 g/mol. The van der Waals surface area contributed by atoms with Gasteiger partial charge in [-0.1, -0.05) is 18.0 Å². The third kappa shape index (κ3) is 3.26. The van der Waals surface area contributed by atoms with Crippen LogP contribution in [0, 0.1) is 6.92 Å². The maximum absolute atomic E-state index is 5.17. The van der Waals surface area contributed by atoms with Crippen molar-refractivity contribution in [2.45, 2.75) is 38.6 Å². The molecule has 0 saturated carbocycles. The Hall–Kier alpha value is -0.940. The van der Waals surface area contributed by atoms with Gasteiger partial charge in [0.25, 0.3) is 0 Å². The first-order valence-electron chi connectivity index (χ1n) is 6.34. The lowest BCUT2D eigenvalue weighted by Gasteiger charge is -2.27. The summed E-state index contributed by atoms with van der Waals surface area (Å²) < 4.78 is 10.3. The summed E-state index contributed by atoms with van der Waals surface area (Å²) in [5, 5.41) is 4.07. The van der Waals surface area contributed by atoms with Gasteiger partial charge in [-0.15, -0.1) is 0 Å². The fourth-order valence-electron chi connectivity index (χ4n) is 2.39. The van der Waals surface area contributed by atoms with E-state index in [1.165, 1.54) is 19.3 Å². The molecule has 5 nitrogen and oxygen atoms in total. The first-order valence-corrected chi connectivity index (χ1v) is 6.34. The Labute approximate surface area is 102 Å². The lowest BCUT2D eigenvalue weighted by molar-refractivity contribution is 0.117. The predicted octanol–water partition coefficient (Wildman–Crippen LogP) is 1.94. The largest absolute Gasteiger partial charge is 0.383 e. The highest BCUT2D eigenvalue weighted by atomic mass is 16.5. The molecule has 0 N–H and O–H groups in total. The second kappa shape index (κ2) is 6.12. The molecule has 96 valence electrons. The molecule has 1 aromatic rings. The van der Waals surface area contributed by atoms with Crippen LogP contribution in [0.2, 0.25) is 0 Å². The highest BCUT2D eigenvalue weighted by Gasteiger charge is 2.26. The summed E-state index contributed by atoms with van der Waals surface area (Å²) in [5.74, 6) is 1.48. The molecule has 0 aliphatic carbocycles. The molecule has 0 spiro atoms. The summed E-state index contributed by atoms with van der Waals surface area (Å²) in [4.78, 5) is 6.79. The number of ether oxygens (including phenoxy) is 1. The molecule has 1 saturated heterocycles. The van der Waals surface area contributed by atoms with Gasteiger partial charge in [-0.05, 0) is 19.4 Å². The van der Waals surface area contributed by atoms with Crippen molar-refractivity contribution in [3.05, 3.63) is 11.7 Å². The van der Waals surface area contributed by atoms with Crippen LogP contribution < -0.4 is 0 Å². The van der Waals surface area contributed by atoms with Gasteiger partial charge in [-0.3, -0.25) is 4.90 Å². The minimum absolute atomic E-state index is 0.296. The Morgan fingerprint density at radius 2 is 2.29 bits per heavy atom. The molecule has 1 aliphatic heterocycles. The van der Waals surface area contributed by atoms with Gasteiger partial charge in [0.1, 0.15) is 0 Å². The van der Waals surface area contributed by atoms with Crippen molar-refractivity contribution in [1.82, 2.24) is 15.0 Å². The molecule has 17 heavy (non-hydrogen) atoms. The molecule has 2 rings (SSSR count). The molecule has 0 unspecified atom stereocenters. The number of aryl methyl sites for hydroxylation is 1. The number of hydrogen-bond acceptors (Lipinski definition) is 5. The molecule has 1 aromatic heterocycles. The van der Waals surface area contributed by atoms with E-state index in [2.05, 4.69) is 15.0 Å². The van der Waals surface area contributed by atoms with Crippen molar-refractivity contribution in [1.29, 1.82) is 0 Å². The van der Waals surface area contributed by atoms with Crippen LogP contribution in [0.5, 0.6) is 0 Å². The van der Waals surface area contributed by atoms with Gasteiger partial charge in [0, 0.05) is 20.6 Å². The first kappa shape index (κ1) is 12.5. The van der Waals surface area contributed by atoms with Gasteiger partial charge in [0.2, 0.25) is 5.89 Å². The van der Waals surface area contributed by atoms with Crippen LogP contribution in [0.1, 0.15) is 43.4 Å². The molecule has 0 radical (unpaired) electrons. The van der Waals surface area contributed by atoms with E-state index in [0.717, 1.165) is 31.9 Å². The Morgan fingerprint density at radius 1 is 1.41 bits per heavy atom. The number of rotatable bonds is 4. The second-order valence-electron chi connectivity index (χ2n) is 4.57. The summed E-state index contributed by atoms with van der Waals surface area (Å²) >= 11 is 0. The fourth-order valence-corrected chi connectivity index (χ4v) is 2.39. The highest BCUT2D eigenvalue weighted by molar-refractivity contribution is 4.95. The first-order chi connectivity index (χ1) is 8.31. The lowest BCUT2D eigenvalue weighted by Crippen LogP contribution is -2.32. The van der Waals surface area contributed by atoms with Crippen molar-refractivity contribution in [2.75, 3.05) is 26.8 Å². The van der Waals surface area contributed by atoms with Gasteiger partial charge in [0.15, 0.2) is 5.82 Å². The molecule has 0 amide bonds. The zero-order valence-corrected chi connectivity index (χ0v) is 10.7. The standard InChI is InChI=1S/C12H21N3O2/c1-10-13-12(14-17-10)11-6-4-3-5-7-15(11)8-9-16-2/h11H,3-9H2,1-2H3/t11-/m1/s1. The van der Waals surface area contributed by atoms with E-state index in [1.54, 1.807) is 7.11 Å². The van der Waals surface area contributed by atoms with Crippen LogP contribution in [0.15, 0.2) is 4.52 Å². The van der Waals surface area contributed by atoms with Crippen LogP contribution in [0.3, 0.4) is 0 Å². The van der Waals surface area contributed by atoms with Crippen molar-refractivity contribution < 1.29 is 9.26 Å². The quantitative estimate of drug-likeness (QED) is 0.803. The van der Waals surface area contributed by atoms with E-state index in [9.17, 15) is 0 Å². The van der Waals surface area contributed by atoms with Crippen LogP contribution in [-0.4, -0.2) is 41.8 Å². The summed E-state index contributed by atoms with van der Waals surface area (Å²) in [6.07, 6.45) is 4.89. The molecular weight excluding hydrogens is 218 g/mol. The van der Waals surface area contributed by atoms with Crippen molar-refractivity contribution in [3.63, 3.8) is 0 Å². The van der Waals surface area contributed by atoms with E-state index < -0.39 is 0 Å². The minimum atomic E-state index is 0.296. The van der Waals surface area contributed by atoms with Crippen molar-refractivity contribution >= 4 is 0 Å². The maximum Gasteiger partial charge on any atom is 0.223 e. The zero-order valence-electron chi connectivity index (χ0n) is 10.7. The van der Waals surface area contributed by atoms with Gasteiger partial charge in [0.05, 0.1) is 12.6 Å². The van der Waals surface area contributed by atoms with E-state index in [1.807, 2.05) is 6.92 Å². The number of likely N-dealkylation sites (tertiary alicyclic amines) is 1. The van der Waals surface area contributed by atoms with Gasteiger partial charge in [-0.2, -0.15) is 4.98 Å². The minimum Gasteiger partial charge on any atom is -0.383 e. The Bertz CT molecular complexity index is 340. The molecule has 1 fully saturated rings. The second-order valence-corrected chi connectivity index (χ2v) is 4.57. The maximum atomic E-state index is 5.17. The topological polar surface area (TPSA) is 51.4 Å². The van der Waals surface area contributed by atoms with E-state index in [4.69, 9.17) is 9.26 Å². The number of aromatic nitrogens is 2. The van der Waals surface area contributed by atoms with Gasteiger partial charge < -0.3 is 9.26 Å². The molecule has 2 heterocycles. The van der Waals surface area contributed by atoms with Crippen molar-refractivity contribution in [2.24, 2.45) is 0 Å². The number of methoxy groups -OCH3 is 1. The fraction of sp³-hybridized carbons (Fsp3) is 0.833. The number of nitrogens with zero attached hydrogens (tertiary/aromatic N) is 3. The number of hydrogen-bond donors (Lipinski definition) is 0. The predicted molar refractivity (Wildman–Crippen MR) is 63.7 cm³/mol. The Morgan fingerprint density at radius 3 is 3.00 bits per heavy atom. The zero-order chi connectivity index (χ0) is 12.1. The Kier molecular flexibility index (Phi) is 4.50. The van der Waals surface area contributed by atoms with Gasteiger partial charge >= 0.3 is 0 Å². The third-order valence-corrected chi connectivity index (χ3v) is 3.29. The van der Waals surface area contributed by atoms with E-state index in [-0.39, 0.29) is 0 Å². The van der Waals surface area contributed by atoms with Gasteiger partial charge in [-0.25, -0.2) is 0 Å². The molecule has 5 heteroatoms. The lowest BCUT2D eigenvalue weighted by atomic mass is 10.1. The van der Waals surface area contributed by atoms with E-state index in [0.29, 0.717) is 11.9 Å². The SMILES string of the molecule is COCCN1CCCCC[C@@H]1c1noc(C)n1. The smallest absolute Gasteiger partial charge is 0.223 e. The molecular formula is C12H21N3O2. The summed E-state index contributed by atoms with van der Waals surface area (Å²) in [6.45, 7) is 4.64. The van der Waals surface area contributed by atoms with Crippen LogP contribution in [0.25, 0.3) is 0 Å². The summed E-state index contributed by atoms with van der Waals surface area (Å²) in [7, 11) is 1.74. The average Bonchev–Trinajstić information content (AvgIpc) is 2.63. The van der Waals surface area contributed by atoms with Crippen LogP contribution in [0.4, 0.5) is 0 Å². The molecule has 0 aromatic carbocycles. The van der Waals surface area contributed by atoms with Crippen molar-refractivity contribution in [3.8, 4) is 0 Å².